The van der Waals surface area contributed by atoms with E-state index in [0.717, 1.165) is 16.8 Å². The zero-order valence-electron chi connectivity index (χ0n) is 22.2. The number of rotatable bonds is 9. The first-order valence-electron chi connectivity index (χ1n) is 12.7. The molecule has 1 fully saturated rings. The van der Waals surface area contributed by atoms with Crippen molar-refractivity contribution in [1.82, 2.24) is 9.21 Å². The van der Waals surface area contributed by atoms with Gasteiger partial charge in [-0.1, -0.05) is 62.9 Å². The quantitative estimate of drug-likeness (QED) is 0.243. The van der Waals surface area contributed by atoms with Crippen molar-refractivity contribution in [2.75, 3.05) is 17.4 Å². The molecule has 0 N–H and O–H groups in total. The molecule has 0 saturated carbocycles. The van der Waals surface area contributed by atoms with Gasteiger partial charge in [0.05, 0.1) is 18.0 Å². The van der Waals surface area contributed by atoms with Crippen LogP contribution in [0, 0.1) is 0 Å². The van der Waals surface area contributed by atoms with Gasteiger partial charge in [0.15, 0.2) is 0 Å². The topological polar surface area (TPSA) is 34.4 Å². The summed E-state index contributed by atoms with van der Waals surface area (Å²) in [6.45, 7) is 13.3. The van der Waals surface area contributed by atoms with Gasteiger partial charge in [0, 0.05) is 49.4 Å². The second-order valence-corrected chi connectivity index (χ2v) is 10.1. The predicted octanol–water partition coefficient (Wildman–Crippen LogP) is 7.27. The van der Waals surface area contributed by atoms with E-state index in [2.05, 4.69) is 25.4 Å². The molecule has 2 aliphatic rings. The lowest BCUT2D eigenvalue weighted by molar-refractivity contribution is 0.0645. The number of hydrogen-bond acceptors (Lipinski definition) is 6. The summed E-state index contributed by atoms with van der Waals surface area (Å²) >= 11 is 1.57. The highest BCUT2D eigenvalue weighted by atomic mass is 32.2. The molecule has 38 heavy (non-hydrogen) atoms. The van der Waals surface area contributed by atoms with Gasteiger partial charge >= 0.3 is 0 Å². The van der Waals surface area contributed by atoms with Crippen LogP contribution in [-0.2, 0) is 6.54 Å². The average molecular weight is 550 g/mol. The normalized spacial score (nSPS) is 19.7. The minimum Gasteiger partial charge on any atom is -0.363 e. The Labute approximate surface area is 227 Å². The van der Waals surface area contributed by atoms with Gasteiger partial charge in [0.2, 0.25) is 0 Å². The van der Waals surface area contributed by atoms with Gasteiger partial charge in [-0.2, -0.15) is 10.2 Å². The van der Waals surface area contributed by atoms with E-state index in [0.29, 0.717) is 25.3 Å². The number of benzene rings is 2. The van der Waals surface area contributed by atoms with Crippen LogP contribution in [0.5, 0.6) is 0 Å². The number of alkyl halides is 4. The lowest BCUT2D eigenvalue weighted by atomic mass is 10.0. The van der Waals surface area contributed by atoms with Crippen molar-refractivity contribution >= 4 is 29.2 Å². The van der Waals surface area contributed by atoms with Crippen LogP contribution >= 0.6 is 12.1 Å². The smallest absolute Gasteiger partial charge is 0.278 e. The number of anilines is 1. The molecule has 2 atom stereocenters. The van der Waals surface area contributed by atoms with E-state index in [1.54, 1.807) is 17.0 Å². The predicted molar refractivity (Wildman–Crippen MR) is 150 cm³/mol. The van der Waals surface area contributed by atoms with Gasteiger partial charge in [0.1, 0.15) is 5.71 Å². The van der Waals surface area contributed by atoms with E-state index < -0.39 is 12.9 Å². The third kappa shape index (κ3) is 7.38. The van der Waals surface area contributed by atoms with Crippen LogP contribution < -0.4 is 4.31 Å². The van der Waals surface area contributed by atoms with Gasteiger partial charge in [-0.05, 0) is 37.1 Å². The largest absolute Gasteiger partial charge is 0.363 e. The summed E-state index contributed by atoms with van der Waals surface area (Å²) in [5.41, 5.74) is 3.03. The first-order valence-corrected chi connectivity index (χ1v) is 13.5. The van der Waals surface area contributed by atoms with E-state index in [1.807, 2.05) is 82.3 Å². The highest BCUT2D eigenvalue weighted by Gasteiger charge is 2.34. The van der Waals surface area contributed by atoms with E-state index in [1.165, 1.54) is 0 Å². The number of allylic oxidation sites excluding steroid dienone is 1. The molecule has 0 aromatic heterocycles. The zero-order chi connectivity index (χ0) is 27.8. The maximum Gasteiger partial charge on any atom is 0.278 e. The van der Waals surface area contributed by atoms with Gasteiger partial charge in [-0.25, -0.2) is 21.9 Å². The molecule has 4 rings (SSSR count). The molecule has 0 aliphatic carbocycles. The fraction of sp³-hybridized carbons (Fsp3) is 0.429. The van der Waals surface area contributed by atoms with Crippen LogP contribution in [0.4, 0.5) is 23.2 Å². The van der Waals surface area contributed by atoms with Crippen LogP contribution in [0.3, 0.4) is 0 Å². The molecular weight excluding hydrogens is 514 g/mol. The molecule has 2 aromatic rings. The van der Waals surface area contributed by atoms with Crippen molar-refractivity contribution in [3.8, 4) is 0 Å². The van der Waals surface area contributed by atoms with Gasteiger partial charge in [-0.15, -0.1) is 0 Å². The molecule has 0 amide bonds. The number of hydrogen-bond donors (Lipinski definition) is 0. The van der Waals surface area contributed by atoms with Crippen molar-refractivity contribution in [2.45, 2.75) is 65.6 Å². The van der Waals surface area contributed by atoms with Crippen molar-refractivity contribution in [2.24, 2.45) is 10.2 Å². The lowest BCUT2D eigenvalue weighted by Gasteiger charge is -2.46. The molecule has 1 saturated heterocycles. The second kappa shape index (κ2) is 13.8. The summed E-state index contributed by atoms with van der Waals surface area (Å²) in [7, 11) is 0. The minimum absolute atomic E-state index is 0.0589. The van der Waals surface area contributed by atoms with Crippen molar-refractivity contribution in [3.63, 3.8) is 0 Å². The second-order valence-electron chi connectivity index (χ2n) is 9.01. The lowest BCUT2D eigenvalue weighted by Crippen LogP contribution is -2.55. The maximum atomic E-state index is 13.3. The fourth-order valence-corrected chi connectivity index (χ4v) is 5.80. The van der Waals surface area contributed by atoms with Crippen molar-refractivity contribution in [3.05, 3.63) is 78.0 Å². The molecule has 5 nitrogen and oxygen atoms in total. The Bertz CT molecular complexity index is 1100. The maximum absolute atomic E-state index is 13.3. The standard InChI is InChI=1S/C26H29F4N5S.C2H6/c1-17-14-33(15-18(2)35(17)19(3)25(27)28)36-34(22-7-5-4-6-8-22)16-20-9-11-21(12-10-20)23-13-24(26(29)30)32-31-23;1-2/h4-12,17-18,25-26H,3,13-16H2,1-2H3;1-2H3. The van der Waals surface area contributed by atoms with Gasteiger partial charge in [0.25, 0.3) is 12.9 Å². The molecular formula is C28H35F4N5S. The fourth-order valence-electron chi connectivity index (χ4n) is 4.54. The summed E-state index contributed by atoms with van der Waals surface area (Å²) in [5, 5.41) is 7.51. The molecule has 2 aliphatic heterocycles. The average Bonchev–Trinajstić information content (AvgIpc) is 3.41. The molecule has 0 spiro atoms. The van der Waals surface area contributed by atoms with Crippen LogP contribution in [0.2, 0.25) is 0 Å². The number of piperazine rings is 1. The Balaban J connectivity index is 0.00000195. The SMILES string of the molecule is C=C(C(F)F)N1C(C)CN(SN(Cc2ccc(C3=NN=C(C(F)F)C3)cc2)c2ccccc2)CC1C.CC. The number of halogens is 4. The zero-order valence-corrected chi connectivity index (χ0v) is 23.0. The van der Waals surface area contributed by atoms with Crippen LogP contribution in [0.25, 0.3) is 0 Å². The molecule has 2 aromatic carbocycles. The molecule has 2 heterocycles. The van der Waals surface area contributed by atoms with E-state index in [-0.39, 0.29) is 29.9 Å². The molecule has 0 radical (unpaired) electrons. The summed E-state index contributed by atoms with van der Waals surface area (Å²) in [4.78, 5) is 1.72. The highest BCUT2D eigenvalue weighted by molar-refractivity contribution is 7.98. The van der Waals surface area contributed by atoms with E-state index in [4.69, 9.17) is 0 Å². The van der Waals surface area contributed by atoms with Crippen molar-refractivity contribution < 1.29 is 17.6 Å². The Morgan fingerprint density at radius 2 is 1.58 bits per heavy atom. The first kappa shape index (κ1) is 29.7. The molecule has 10 heteroatoms. The summed E-state index contributed by atoms with van der Waals surface area (Å²) in [6, 6.07) is 17.4. The van der Waals surface area contributed by atoms with Gasteiger partial charge < -0.3 is 4.90 Å². The monoisotopic (exact) mass is 549 g/mol. The summed E-state index contributed by atoms with van der Waals surface area (Å²) in [5.74, 6) is 0. The highest BCUT2D eigenvalue weighted by Crippen LogP contribution is 2.32. The Morgan fingerprint density at radius 3 is 2.11 bits per heavy atom. The van der Waals surface area contributed by atoms with E-state index in [9.17, 15) is 17.6 Å². The summed E-state index contributed by atoms with van der Waals surface area (Å²) in [6.07, 6.45) is -5.10. The molecule has 206 valence electrons. The molecule has 0 bridgehead atoms. The summed E-state index contributed by atoms with van der Waals surface area (Å²) < 4.78 is 56.7. The Morgan fingerprint density at radius 1 is 0.974 bits per heavy atom. The Kier molecular flexibility index (Phi) is 10.8. The third-order valence-electron chi connectivity index (χ3n) is 6.24. The first-order chi connectivity index (χ1) is 18.2. The van der Waals surface area contributed by atoms with Gasteiger partial charge in [-0.3, -0.25) is 4.31 Å². The Hall–Kier alpha value is -2.85. The van der Waals surface area contributed by atoms with Crippen LogP contribution in [0.15, 0.2) is 77.1 Å². The van der Waals surface area contributed by atoms with Crippen LogP contribution in [-0.4, -0.2) is 58.7 Å². The van der Waals surface area contributed by atoms with E-state index >= 15 is 0 Å². The molecule has 2 unspecified atom stereocenters. The minimum atomic E-state index is -2.59. The number of para-hydroxylation sites is 1. The van der Waals surface area contributed by atoms with Crippen molar-refractivity contribution in [1.29, 1.82) is 0 Å². The van der Waals surface area contributed by atoms with Crippen LogP contribution in [0.1, 0.15) is 45.2 Å². The number of nitrogens with zero attached hydrogens (tertiary/aromatic N) is 5. The third-order valence-corrected chi connectivity index (χ3v) is 7.31.